The van der Waals surface area contributed by atoms with Crippen molar-refractivity contribution in [1.29, 1.82) is 0 Å². The first-order valence-corrected chi connectivity index (χ1v) is 7.19. The lowest BCUT2D eigenvalue weighted by Gasteiger charge is -2.38. The Morgan fingerprint density at radius 1 is 1.58 bits per heavy atom. The molecule has 1 aromatic rings. The highest BCUT2D eigenvalue weighted by Gasteiger charge is 2.33. The van der Waals surface area contributed by atoms with Crippen LogP contribution in [-0.4, -0.2) is 36.1 Å². The van der Waals surface area contributed by atoms with Crippen molar-refractivity contribution in [2.75, 3.05) is 13.2 Å². The minimum Gasteiger partial charge on any atom is -0.375 e. The number of hydrogen-bond donors (Lipinski definition) is 1. The number of nitrogens with two attached hydrogens (primary N) is 1. The second kappa shape index (κ2) is 6.03. The van der Waals surface area contributed by atoms with E-state index in [1.807, 2.05) is 19.1 Å². The topological polar surface area (TPSA) is 55.6 Å². The van der Waals surface area contributed by atoms with Crippen LogP contribution in [0.15, 0.2) is 22.7 Å². The average molecular weight is 327 g/mol. The average Bonchev–Trinajstić information content (AvgIpc) is 2.34. The summed E-state index contributed by atoms with van der Waals surface area (Å²) in [6.07, 6.45) is -0.154. The van der Waals surface area contributed by atoms with E-state index in [0.717, 1.165) is 11.0 Å². The van der Waals surface area contributed by atoms with Crippen LogP contribution in [0.3, 0.4) is 0 Å². The molecular formula is C14H19BrN2O2. The van der Waals surface area contributed by atoms with Crippen molar-refractivity contribution in [3.05, 3.63) is 33.8 Å². The van der Waals surface area contributed by atoms with Crippen molar-refractivity contribution >= 4 is 21.8 Å². The van der Waals surface area contributed by atoms with Gasteiger partial charge in [-0.05, 0) is 31.0 Å². The first-order chi connectivity index (χ1) is 9.00. The smallest absolute Gasteiger partial charge is 0.237 e. The SMILES string of the molecule is Cc1c(Br)cccc1CN1CCO[C@H](C)[C@H]1C(N)=O. The van der Waals surface area contributed by atoms with E-state index in [2.05, 4.69) is 33.8 Å². The van der Waals surface area contributed by atoms with Gasteiger partial charge >= 0.3 is 0 Å². The molecule has 4 nitrogen and oxygen atoms in total. The van der Waals surface area contributed by atoms with Gasteiger partial charge in [-0.1, -0.05) is 28.1 Å². The molecule has 0 unspecified atom stereocenters. The first-order valence-electron chi connectivity index (χ1n) is 6.39. The standard InChI is InChI=1S/C14H19BrN2O2/c1-9-11(4-3-5-12(9)15)8-17-6-7-19-10(2)13(17)14(16)18/h3-5,10,13H,6-8H2,1-2H3,(H2,16,18)/t10-,13+/m1/s1. The van der Waals surface area contributed by atoms with Crippen LogP contribution in [-0.2, 0) is 16.1 Å². The van der Waals surface area contributed by atoms with Crippen LogP contribution in [0.2, 0.25) is 0 Å². The molecule has 1 aromatic carbocycles. The molecule has 1 heterocycles. The summed E-state index contributed by atoms with van der Waals surface area (Å²) in [5.41, 5.74) is 7.90. The number of hydrogen-bond acceptors (Lipinski definition) is 3. The molecule has 1 aliphatic heterocycles. The highest BCUT2D eigenvalue weighted by Crippen LogP contribution is 2.23. The number of ether oxygens (including phenoxy) is 1. The van der Waals surface area contributed by atoms with Crippen LogP contribution in [0.5, 0.6) is 0 Å². The van der Waals surface area contributed by atoms with E-state index < -0.39 is 0 Å². The molecule has 2 atom stereocenters. The van der Waals surface area contributed by atoms with E-state index in [9.17, 15) is 4.79 Å². The zero-order chi connectivity index (χ0) is 14.0. The molecule has 19 heavy (non-hydrogen) atoms. The van der Waals surface area contributed by atoms with Gasteiger partial charge in [0.05, 0.1) is 12.7 Å². The van der Waals surface area contributed by atoms with Crippen molar-refractivity contribution < 1.29 is 9.53 Å². The molecule has 1 aliphatic rings. The van der Waals surface area contributed by atoms with Gasteiger partial charge in [0, 0.05) is 17.6 Å². The molecule has 1 amide bonds. The Hall–Kier alpha value is -0.910. The van der Waals surface area contributed by atoms with Gasteiger partial charge < -0.3 is 10.5 Å². The Kier molecular flexibility index (Phi) is 4.60. The Balaban J connectivity index is 2.20. The van der Waals surface area contributed by atoms with E-state index in [0.29, 0.717) is 13.2 Å². The van der Waals surface area contributed by atoms with Crippen LogP contribution in [0.25, 0.3) is 0 Å². The maximum Gasteiger partial charge on any atom is 0.237 e. The summed E-state index contributed by atoms with van der Waals surface area (Å²) in [5, 5.41) is 0. The maximum atomic E-state index is 11.6. The third-order valence-electron chi connectivity index (χ3n) is 3.64. The minimum absolute atomic E-state index is 0.154. The summed E-state index contributed by atoms with van der Waals surface area (Å²) < 4.78 is 6.61. The number of halogens is 1. The fraction of sp³-hybridized carbons (Fsp3) is 0.500. The number of morpholine rings is 1. The summed E-state index contributed by atoms with van der Waals surface area (Å²) >= 11 is 3.53. The molecule has 104 valence electrons. The number of benzene rings is 1. The molecule has 0 bridgehead atoms. The second-order valence-electron chi connectivity index (χ2n) is 4.92. The van der Waals surface area contributed by atoms with Gasteiger partial charge in [0.2, 0.25) is 5.91 Å². The molecule has 0 aliphatic carbocycles. The second-order valence-corrected chi connectivity index (χ2v) is 5.77. The van der Waals surface area contributed by atoms with Crippen molar-refractivity contribution in [2.45, 2.75) is 32.5 Å². The molecule has 1 fully saturated rings. The van der Waals surface area contributed by atoms with Crippen LogP contribution >= 0.6 is 15.9 Å². The van der Waals surface area contributed by atoms with Gasteiger partial charge in [0.1, 0.15) is 6.04 Å². The molecular weight excluding hydrogens is 308 g/mol. The lowest BCUT2D eigenvalue weighted by molar-refractivity contribution is -0.136. The predicted molar refractivity (Wildman–Crippen MR) is 77.7 cm³/mol. The molecule has 0 aromatic heterocycles. The van der Waals surface area contributed by atoms with Gasteiger partial charge in [-0.2, -0.15) is 0 Å². The Morgan fingerprint density at radius 2 is 2.32 bits per heavy atom. The third kappa shape index (κ3) is 3.16. The normalized spacial score (nSPS) is 24.4. The quantitative estimate of drug-likeness (QED) is 0.922. The summed E-state index contributed by atoms with van der Waals surface area (Å²) in [5.74, 6) is -0.320. The number of carbonyl (C=O) groups excluding carboxylic acids is 1. The largest absolute Gasteiger partial charge is 0.375 e. The summed E-state index contributed by atoms with van der Waals surface area (Å²) in [4.78, 5) is 13.7. The zero-order valence-electron chi connectivity index (χ0n) is 11.2. The third-order valence-corrected chi connectivity index (χ3v) is 4.50. The van der Waals surface area contributed by atoms with Gasteiger partial charge in [-0.25, -0.2) is 0 Å². The molecule has 0 radical (unpaired) electrons. The van der Waals surface area contributed by atoms with E-state index in [4.69, 9.17) is 10.5 Å². The molecule has 0 spiro atoms. The summed E-state index contributed by atoms with van der Waals surface area (Å²) in [6, 6.07) is 5.76. The summed E-state index contributed by atoms with van der Waals surface area (Å²) in [7, 11) is 0. The molecule has 5 heteroatoms. The number of primary amides is 1. The first kappa shape index (κ1) is 14.5. The van der Waals surface area contributed by atoms with E-state index >= 15 is 0 Å². The van der Waals surface area contributed by atoms with Gasteiger partial charge in [-0.15, -0.1) is 0 Å². The van der Waals surface area contributed by atoms with Gasteiger partial charge in [0.25, 0.3) is 0 Å². The number of nitrogens with zero attached hydrogens (tertiary/aromatic N) is 1. The van der Waals surface area contributed by atoms with Crippen LogP contribution in [0, 0.1) is 6.92 Å². The van der Waals surface area contributed by atoms with Crippen molar-refractivity contribution in [3.63, 3.8) is 0 Å². The van der Waals surface area contributed by atoms with Crippen molar-refractivity contribution in [3.8, 4) is 0 Å². The van der Waals surface area contributed by atoms with Crippen LogP contribution in [0.1, 0.15) is 18.1 Å². The lowest BCUT2D eigenvalue weighted by Crippen LogP contribution is -2.56. The Morgan fingerprint density at radius 3 is 3.00 bits per heavy atom. The Labute approximate surface area is 122 Å². The highest BCUT2D eigenvalue weighted by atomic mass is 79.9. The van der Waals surface area contributed by atoms with Crippen molar-refractivity contribution in [1.82, 2.24) is 4.90 Å². The number of amides is 1. The number of carbonyl (C=O) groups is 1. The molecule has 2 rings (SSSR count). The van der Waals surface area contributed by atoms with Crippen LogP contribution < -0.4 is 5.73 Å². The number of rotatable bonds is 3. The summed E-state index contributed by atoms with van der Waals surface area (Å²) in [6.45, 7) is 6.05. The zero-order valence-corrected chi connectivity index (χ0v) is 12.8. The van der Waals surface area contributed by atoms with Crippen molar-refractivity contribution in [2.24, 2.45) is 5.73 Å². The van der Waals surface area contributed by atoms with E-state index in [-0.39, 0.29) is 18.1 Å². The minimum atomic E-state index is -0.355. The molecule has 1 saturated heterocycles. The van der Waals surface area contributed by atoms with Gasteiger partial charge in [-0.3, -0.25) is 9.69 Å². The monoisotopic (exact) mass is 326 g/mol. The maximum absolute atomic E-state index is 11.6. The Bertz CT molecular complexity index is 479. The fourth-order valence-electron chi connectivity index (χ4n) is 2.51. The lowest BCUT2D eigenvalue weighted by atomic mass is 10.0. The van der Waals surface area contributed by atoms with E-state index in [1.165, 1.54) is 11.1 Å². The molecule has 0 saturated carbocycles. The van der Waals surface area contributed by atoms with Gasteiger partial charge in [0.15, 0.2) is 0 Å². The molecule has 2 N–H and O–H groups in total. The van der Waals surface area contributed by atoms with Crippen LogP contribution in [0.4, 0.5) is 0 Å². The predicted octanol–water partition coefficient (Wildman–Crippen LogP) is 1.83. The highest BCUT2D eigenvalue weighted by molar-refractivity contribution is 9.10. The fourth-order valence-corrected chi connectivity index (χ4v) is 2.92. The van der Waals surface area contributed by atoms with E-state index in [1.54, 1.807) is 0 Å².